The molecule has 1 aromatic rings. The Bertz CT molecular complexity index is 485. The molecule has 0 amide bonds. The minimum atomic E-state index is -5.16. The van der Waals surface area contributed by atoms with Gasteiger partial charge in [-0.1, -0.05) is 15.9 Å². The van der Waals surface area contributed by atoms with Crippen LogP contribution in [0.5, 0.6) is 5.88 Å². The van der Waals surface area contributed by atoms with Crippen LogP contribution >= 0.6 is 15.9 Å². The van der Waals surface area contributed by atoms with Crippen molar-refractivity contribution < 1.29 is 35.9 Å². The molecule has 0 saturated heterocycles. The van der Waals surface area contributed by atoms with Gasteiger partial charge in [0.25, 0.3) is 0 Å². The zero-order chi connectivity index (χ0) is 14.8. The third kappa shape index (κ3) is 3.82. The van der Waals surface area contributed by atoms with E-state index >= 15 is 0 Å². The van der Waals surface area contributed by atoms with Gasteiger partial charge in [-0.25, -0.2) is 4.98 Å². The van der Waals surface area contributed by atoms with Crippen LogP contribution in [-0.4, -0.2) is 17.6 Å². The topological polar surface area (TPSA) is 39.2 Å². The van der Waals surface area contributed by atoms with Gasteiger partial charge >= 0.3 is 12.5 Å². The SMILES string of the molecule is O=Cc1c(OC(F)(F)F)ncc(C(F)(F)F)c1CBr. The van der Waals surface area contributed by atoms with Crippen LogP contribution in [0.2, 0.25) is 0 Å². The summed E-state index contributed by atoms with van der Waals surface area (Å²) in [5, 5.41) is -0.480. The number of hydrogen-bond donors (Lipinski definition) is 0. The summed E-state index contributed by atoms with van der Waals surface area (Å²) in [6.07, 6.45) is -9.98. The lowest BCUT2D eigenvalue weighted by Crippen LogP contribution is -2.21. The Hall–Kier alpha value is -1.32. The van der Waals surface area contributed by atoms with Crippen LogP contribution in [0, 0.1) is 0 Å². The average molecular weight is 352 g/mol. The quantitative estimate of drug-likeness (QED) is 0.473. The molecule has 0 fully saturated rings. The van der Waals surface area contributed by atoms with Crippen molar-refractivity contribution in [2.75, 3.05) is 0 Å². The molecule has 0 atom stereocenters. The number of nitrogens with zero attached hydrogens (tertiary/aromatic N) is 1. The number of aldehydes is 1. The molecule has 10 heteroatoms. The summed E-state index contributed by atoms with van der Waals surface area (Å²) in [5.74, 6) is -1.22. The maximum absolute atomic E-state index is 12.6. The van der Waals surface area contributed by atoms with Gasteiger partial charge in [0.15, 0.2) is 6.29 Å². The summed E-state index contributed by atoms with van der Waals surface area (Å²) in [7, 11) is 0. The first-order valence-corrected chi connectivity index (χ1v) is 5.58. The van der Waals surface area contributed by atoms with Gasteiger partial charge in [-0.05, 0) is 5.56 Å². The van der Waals surface area contributed by atoms with Crippen molar-refractivity contribution in [2.24, 2.45) is 0 Å². The van der Waals surface area contributed by atoms with Gasteiger partial charge in [-0.15, -0.1) is 13.2 Å². The number of carbonyl (C=O) groups excluding carboxylic acids is 1. The van der Waals surface area contributed by atoms with Crippen LogP contribution in [0.3, 0.4) is 0 Å². The Labute approximate surface area is 110 Å². The van der Waals surface area contributed by atoms with E-state index in [4.69, 9.17) is 0 Å². The monoisotopic (exact) mass is 351 g/mol. The highest BCUT2D eigenvalue weighted by Gasteiger charge is 2.38. The maximum Gasteiger partial charge on any atom is 0.574 e. The summed E-state index contributed by atoms with van der Waals surface area (Å²) in [6, 6.07) is 0. The van der Waals surface area contributed by atoms with Gasteiger partial charge < -0.3 is 4.74 Å². The molecule has 0 aromatic carbocycles. The predicted molar refractivity (Wildman–Crippen MR) is 53.9 cm³/mol. The molecule has 106 valence electrons. The van der Waals surface area contributed by atoms with Crippen molar-refractivity contribution in [3.05, 3.63) is 22.9 Å². The lowest BCUT2D eigenvalue weighted by atomic mass is 10.1. The lowest BCUT2D eigenvalue weighted by Gasteiger charge is -2.16. The lowest BCUT2D eigenvalue weighted by molar-refractivity contribution is -0.276. The molecular formula is C9H4BrF6NO2. The summed E-state index contributed by atoms with van der Waals surface area (Å²) in [6.45, 7) is 0. The number of carbonyl (C=O) groups is 1. The van der Waals surface area contributed by atoms with Crippen LogP contribution in [0.25, 0.3) is 0 Å². The number of halogens is 7. The molecule has 0 aliphatic carbocycles. The third-order valence-corrected chi connectivity index (χ3v) is 2.52. The van der Waals surface area contributed by atoms with Crippen LogP contribution in [-0.2, 0) is 11.5 Å². The number of pyridine rings is 1. The highest BCUT2D eigenvalue weighted by atomic mass is 79.9. The maximum atomic E-state index is 12.6. The summed E-state index contributed by atoms with van der Waals surface area (Å²) < 4.78 is 77.2. The van der Waals surface area contributed by atoms with Gasteiger partial charge in [0.05, 0.1) is 11.1 Å². The van der Waals surface area contributed by atoms with E-state index in [1.165, 1.54) is 0 Å². The largest absolute Gasteiger partial charge is 0.574 e. The first-order valence-electron chi connectivity index (χ1n) is 4.46. The molecule has 0 aliphatic rings. The zero-order valence-electron chi connectivity index (χ0n) is 8.77. The molecule has 0 radical (unpaired) electrons. The second kappa shape index (κ2) is 5.35. The summed E-state index contributed by atoms with van der Waals surface area (Å²) >= 11 is 2.68. The molecule has 1 aromatic heterocycles. The van der Waals surface area contributed by atoms with Crippen LogP contribution in [0.15, 0.2) is 6.20 Å². The van der Waals surface area contributed by atoms with Crippen molar-refractivity contribution in [3.63, 3.8) is 0 Å². The molecule has 0 saturated carbocycles. The second-order valence-electron chi connectivity index (χ2n) is 3.17. The van der Waals surface area contributed by atoms with Gasteiger partial charge in [0.2, 0.25) is 5.88 Å². The van der Waals surface area contributed by atoms with Crippen molar-refractivity contribution in [2.45, 2.75) is 17.9 Å². The fourth-order valence-electron chi connectivity index (χ4n) is 1.25. The Morgan fingerprint density at radius 2 is 1.84 bits per heavy atom. The number of ether oxygens (including phenoxy) is 1. The first kappa shape index (κ1) is 15.7. The minimum absolute atomic E-state index is 0.167. The van der Waals surface area contributed by atoms with E-state index in [1.807, 2.05) is 0 Å². The second-order valence-corrected chi connectivity index (χ2v) is 3.73. The first-order chi connectivity index (χ1) is 8.60. The number of aromatic nitrogens is 1. The molecule has 0 unspecified atom stereocenters. The van der Waals surface area contributed by atoms with Gasteiger partial charge in [0, 0.05) is 11.5 Å². The highest BCUT2D eigenvalue weighted by molar-refractivity contribution is 9.08. The Morgan fingerprint density at radius 1 is 1.26 bits per heavy atom. The smallest absolute Gasteiger partial charge is 0.387 e. The van der Waals surface area contributed by atoms with Crippen molar-refractivity contribution in [1.82, 2.24) is 4.98 Å². The third-order valence-electron chi connectivity index (χ3n) is 1.96. The van der Waals surface area contributed by atoms with Crippen LogP contribution in [0.4, 0.5) is 26.3 Å². The molecule has 0 aliphatic heterocycles. The minimum Gasteiger partial charge on any atom is -0.387 e. The Morgan fingerprint density at radius 3 is 2.21 bits per heavy atom. The van der Waals surface area contributed by atoms with Gasteiger partial charge in [-0.2, -0.15) is 13.2 Å². The fourth-order valence-corrected chi connectivity index (χ4v) is 1.85. The molecule has 0 spiro atoms. The Kier molecular flexibility index (Phi) is 4.43. The van der Waals surface area contributed by atoms with Crippen LogP contribution in [0.1, 0.15) is 21.5 Å². The van der Waals surface area contributed by atoms with E-state index < -0.39 is 40.4 Å². The Balaban J connectivity index is 3.43. The predicted octanol–water partition coefficient (Wildman–Crippen LogP) is 3.71. The van der Waals surface area contributed by atoms with E-state index in [0.29, 0.717) is 0 Å². The van der Waals surface area contributed by atoms with Crippen molar-refractivity contribution >= 4 is 22.2 Å². The highest BCUT2D eigenvalue weighted by Crippen LogP contribution is 2.36. The molecule has 0 bridgehead atoms. The molecular weight excluding hydrogens is 348 g/mol. The fraction of sp³-hybridized carbons (Fsp3) is 0.333. The number of alkyl halides is 7. The number of rotatable bonds is 3. The average Bonchev–Trinajstić information content (AvgIpc) is 2.24. The zero-order valence-corrected chi connectivity index (χ0v) is 10.4. The van der Waals surface area contributed by atoms with E-state index in [1.54, 1.807) is 0 Å². The van der Waals surface area contributed by atoms with Crippen molar-refractivity contribution in [3.8, 4) is 5.88 Å². The van der Waals surface area contributed by atoms with E-state index in [2.05, 4.69) is 25.7 Å². The van der Waals surface area contributed by atoms with Gasteiger partial charge in [0.1, 0.15) is 0 Å². The van der Waals surface area contributed by atoms with Crippen molar-refractivity contribution in [1.29, 1.82) is 0 Å². The standard InChI is InChI=1S/C9H4BrF6NO2/c10-1-4-5(3-18)7(19-9(14,15)16)17-2-6(4)8(11,12)13/h2-3H,1H2. The van der Waals surface area contributed by atoms with Crippen LogP contribution < -0.4 is 4.74 Å². The van der Waals surface area contributed by atoms with Gasteiger partial charge in [-0.3, -0.25) is 4.79 Å². The number of hydrogen-bond acceptors (Lipinski definition) is 3. The van der Waals surface area contributed by atoms with E-state index in [-0.39, 0.29) is 12.5 Å². The molecule has 1 rings (SSSR count). The molecule has 0 N–H and O–H groups in total. The molecule has 3 nitrogen and oxygen atoms in total. The summed E-state index contributed by atoms with van der Waals surface area (Å²) in [4.78, 5) is 13.6. The normalized spacial score (nSPS) is 12.4. The molecule has 1 heterocycles. The summed E-state index contributed by atoms with van der Waals surface area (Å²) in [5.41, 5.74) is -2.87. The molecule has 19 heavy (non-hydrogen) atoms. The van der Waals surface area contributed by atoms with E-state index in [0.717, 1.165) is 0 Å². The van der Waals surface area contributed by atoms with E-state index in [9.17, 15) is 31.1 Å².